The van der Waals surface area contributed by atoms with Crippen molar-refractivity contribution in [3.05, 3.63) is 23.8 Å². The first-order valence-corrected chi connectivity index (χ1v) is 7.06. The number of rotatable bonds is 5. The van der Waals surface area contributed by atoms with Crippen molar-refractivity contribution in [1.82, 2.24) is 0 Å². The minimum absolute atomic E-state index is 0.353. The Morgan fingerprint density at radius 3 is 2.68 bits per heavy atom. The molecule has 0 fully saturated rings. The van der Waals surface area contributed by atoms with Gasteiger partial charge >= 0.3 is 6.09 Å². The second-order valence-corrected chi connectivity index (χ2v) is 4.80. The molecule has 1 aromatic rings. The maximum Gasteiger partial charge on any atom is 0.411 e. The van der Waals surface area contributed by atoms with Crippen molar-refractivity contribution in [2.45, 2.75) is 33.1 Å². The van der Waals surface area contributed by atoms with Gasteiger partial charge in [-0.25, -0.2) is 4.79 Å². The van der Waals surface area contributed by atoms with Crippen LogP contribution in [0.15, 0.2) is 18.2 Å². The van der Waals surface area contributed by atoms with Gasteiger partial charge in [0.1, 0.15) is 0 Å². The van der Waals surface area contributed by atoms with Crippen molar-refractivity contribution in [3.8, 4) is 0 Å². The number of carbonyl (C=O) groups is 1. The molecule has 1 aromatic carbocycles. The molecule has 0 saturated carbocycles. The van der Waals surface area contributed by atoms with Gasteiger partial charge in [0.25, 0.3) is 0 Å². The quantitative estimate of drug-likeness (QED) is 0.884. The van der Waals surface area contributed by atoms with Crippen molar-refractivity contribution < 1.29 is 9.53 Å². The van der Waals surface area contributed by atoms with Crippen molar-refractivity contribution in [1.29, 1.82) is 0 Å². The van der Waals surface area contributed by atoms with Crippen LogP contribution in [-0.2, 0) is 11.2 Å². The molecular weight excluding hydrogens is 240 g/mol. The molecule has 0 saturated heterocycles. The second-order valence-electron chi connectivity index (χ2n) is 4.80. The van der Waals surface area contributed by atoms with E-state index in [-0.39, 0.29) is 6.09 Å². The first-order valence-electron chi connectivity index (χ1n) is 7.06. The number of nitrogens with zero attached hydrogens (tertiary/aromatic N) is 1. The molecule has 1 aliphatic rings. The maximum absolute atomic E-state index is 11.4. The number of carbonyl (C=O) groups excluding carboxylic acids is 1. The molecule has 0 atom stereocenters. The van der Waals surface area contributed by atoms with Crippen molar-refractivity contribution in [2.24, 2.45) is 0 Å². The molecule has 1 N–H and O–H groups in total. The molecule has 4 heteroatoms. The molecule has 0 aromatic heterocycles. The Labute approximate surface area is 114 Å². The normalized spacial score (nSPS) is 14.1. The molecule has 0 aliphatic carbocycles. The molecule has 1 amide bonds. The van der Waals surface area contributed by atoms with Crippen LogP contribution in [0.4, 0.5) is 16.2 Å². The number of ether oxygens (including phenoxy) is 1. The summed E-state index contributed by atoms with van der Waals surface area (Å²) >= 11 is 0. The molecule has 104 valence electrons. The highest BCUT2D eigenvalue weighted by Crippen LogP contribution is 2.30. The molecule has 1 aliphatic heterocycles. The van der Waals surface area contributed by atoms with E-state index in [9.17, 15) is 4.79 Å². The zero-order valence-corrected chi connectivity index (χ0v) is 11.7. The molecule has 1 heterocycles. The highest BCUT2D eigenvalue weighted by Gasteiger charge is 2.18. The van der Waals surface area contributed by atoms with Crippen LogP contribution in [0.5, 0.6) is 0 Å². The number of hydrogen-bond donors (Lipinski definition) is 1. The Hall–Kier alpha value is -1.71. The maximum atomic E-state index is 11.4. The fourth-order valence-electron chi connectivity index (χ4n) is 2.54. The lowest BCUT2D eigenvalue weighted by atomic mass is 10.1. The van der Waals surface area contributed by atoms with Gasteiger partial charge < -0.3 is 9.64 Å². The third kappa shape index (κ3) is 3.19. The van der Waals surface area contributed by atoms with E-state index >= 15 is 0 Å². The number of anilines is 2. The number of cyclic esters (lactones) is 1. The average Bonchev–Trinajstić information content (AvgIpc) is 2.58. The molecule has 4 nitrogen and oxygen atoms in total. The summed E-state index contributed by atoms with van der Waals surface area (Å²) in [7, 11) is 0. The molecule has 0 spiro atoms. The van der Waals surface area contributed by atoms with E-state index in [0.29, 0.717) is 6.61 Å². The van der Waals surface area contributed by atoms with Gasteiger partial charge in [-0.1, -0.05) is 19.9 Å². The van der Waals surface area contributed by atoms with E-state index in [0.717, 1.165) is 38.0 Å². The Balaban J connectivity index is 2.34. The third-order valence-electron chi connectivity index (χ3n) is 3.30. The van der Waals surface area contributed by atoms with Crippen LogP contribution >= 0.6 is 0 Å². The Bertz CT molecular complexity index is 440. The van der Waals surface area contributed by atoms with Crippen LogP contribution in [0.2, 0.25) is 0 Å². The van der Waals surface area contributed by atoms with Crippen molar-refractivity contribution in [3.63, 3.8) is 0 Å². The Morgan fingerprint density at radius 1 is 1.26 bits per heavy atom. The zero-order chi connectivity index (χ0) is 13.7. The Morgan fingerprint density at radius 2 is 2.00 bits per heavy atom. The zero-order valence-electron chi connectivity index (χ0n) is 11.7. The van der Waals surface area contributed by atoms with Gasteiger partial charge in [0.2, 0.25) is 0 Å². The van der Waals surface area contributed by atoms with Gasteiger partial charge in [-0.3, -0.25) is 5.32 Å². The molecule has 0 unspecified atom stereocenters. The Kier molecular flexibility index (Phi) is 4.66. The monoisotopic (exact) mass is 262 g/mol. The molecule has 0 radical (unpaired) electrons. The van der Waals surface area contributed by atoms with Gasteiger partial charge in [0.05, 0.1) is 6.61 Å². The summed E-state index contributed by atoms with van der Waals surface area (Å²) in [6, 6.07) is 6.08. The lowest BCUT2D eigenvalue weighted by molar-refractivity contribution is 0.165. The highest BCUT2D eigenvalue weighted by atomic mass is 16.5. The van der Waals surface area contributed by atoms with E-state index in [1.54, 1.807) is 0 Å². The largest absolute Gasteiger partial charge is 0.449 e. The second kappa shape index (κ2) is 6.45. The van der Waals surface area contributed by atoms with Crippen LogP contribution < -0.4 is 10.2 Å². The summed E-state index contributed by atoms with van der Waals surface area (Å²) in [5, 5.41) is 2.81. The third-order valence-corrected chi connectivity index (χ3v) is 3.30. The van der Waals surface area contributed by atoms with Crippen LogP contribution in [0.25, 0.3) is 0 Å². The number of hydrogen-bond acceptors (Lipinski definition) is 3. The highest BCUT2D eigenvalue weighted by molar-refractivity contribution is 5.88. The topological polar surface area (TPSA) is 41.6 Å². The van der Waals surface area contributed by atoms with E-state index < -0.39 is 0 Å². The van der Waals surface area contributed by atoms with E-state index in [4.69, 9.17) is 4.74 Å². The first kappa shape index (κ1) is 13.7. The van der Waals surface area contributed by atoms with Crippen LogP contribution in [0.1, 0.15) is 32.3 Å². The fourth-order valence-corrected chi connectivity index (χ4v) is 2.54. The van der Waals surface area contributed by atoms with Crippen LogP contribution in [0, 0.1) is 0 Å². The molecule has 2 rings (SSSR count). The summed E-state index contributed by atoms with van der Waals surface area (Å²) in [5.74, 6) is 0. The molecule has 0 bridgehead atoms. The van der Waals surface area contributed by atoms with Gasteiger partial charge in [-0.15, -0.1) is 0 Å². The number of nitrogens with one attached hydrogen (secondary N) is 1. The minimum Gasteiger partial charge on any atom is -0.449 e. The first-order chi connectivity index (χ1) is 9.26. The lowest BCUT2D eigenvalue weighted by Crippen LogP contribution is -2.26. The standard InChI is InChI=1S/C15H22N2O2/c1-3-9-17(10-4-2)14-7-5-6-13-12(14)8-11-19-15(18)16-13/h5-7H,3-4,8-11H2,1-2H3,(H,16,18). The van der Waals surface area contributed by atoms with Gasteiger partial charge in [0.15, 0.2) is 0 Å². The summed E-state index contributed by atoms with van der Waals surface area (Å²) < 4.78 is 5.07. The molecule has 19 heavy (non-hydrogen) atoms. The SMILES string of the molecule is CCCN(CCC)c1cccc2c1CCOC(=O)N2. The lowest BCUT2D eigenvalue weighted by Gasteiger charge is -2.27. The number of benzene rings is 1. The summed E-state index contributed by atoms with van der Waals surface area (Å²) in [4.78, 5) is 13.8. The van der Waals surface area contributed by atoms with Gasteiger partial charge in [0, 0.05) is 36.4 Å². The van der Waals surface area contributed by atoms with Gasteiger partial charge in [-0.05, 0) is 25.0 Å². The van der Waals surface area contributed by atoms with E-state index in [1.807, 2.05) is 12.1 Å². The summed E-state index contributed by atoms with van der Waals surface area (Å²) in [6.45, 7) is 6.91. The molecular formula is C15H22N2O2. The van der Waals surface area contributed by atoms with Crippen molar-refractivity contribution in [2.75, 3.05) is 29.9 Å². The summed E-state index contributed by atoms with van der Waals surface area (Å²) in [5.41, 5.74) is 3.31. The predicted octanol–water partition coefficient (Wildman–Crippen LogP) is 3.42. The smallest absolute Gasteiger partial charge is 0.411 e. The van der Waals surface area contributed by atoms with Crippen molar-refractivity contribution >= 4 is 17.5 Å². The fraction of sp³-hybridized carbons (Fsp3) is 0.533. The van der Waals surface area contributed by atoms with E-state index in [1.165, 1.54) is 11.3 Å². The van der Waals surface area contributed by atoms with Crippen LogP contribution in [-0.4, -0.2) is 25.8 Å². The van der Waals surface area contributed by atoms with Crippen LogP contribution in [0.3, 0.4) is 0 Å². The summed E-state index contributed by atoms with van der Waals surface area (Å²) in [6.07, 6.45) is 2.65. The van der Waals surface area contributed by atoms with Gasteiger partial charge in [-0.2, -0.15) is 0 Å². The predicted molar refractivity (Wildman–Crippen MR) is 77.9 cm³/mol. The van der Waals surface area contributed by atoms with E-state index in [2.05, 4.69) is 30.1 Å². The number of fused-ring (bicyclic) bond motifs is 1. The number of amides is 1. The minimum atomic E-state index is -0.353. The average molecular weight is 262 g/mol.